The topological polar surface area (TPSA) is 90.1 Å². The molecule has 0 aliphatic heterocycles. The van der Waals surface area contributed by atoms with Crippen LogP contribution in [-0.2, 0) is 11.3 Å². The van der Waals surface area contributed by atoms with Crippen LogP contribution in [0.5, 0.6) is 0 Å². The average Bonchev–Trinajstić information content (AvgIpc) is 2.86. The van der Waals surface area contributed by atoms with Gasteiger partial charge in [0.2, 0.25) is 5.91 Å². The van der Waals surface area contributed by atoms with Gasteiger partial charge in [-0.15, -0.1) is 0 Å². The van der Waals surface area contributed by atoms with Gasteiger partial charge in [0.1, 0.15) is 17.9 Å². The van der Waals surface area contributed by atoms with E-state index in [-0.39, 0.29) is 30.1 Å². The highest BCUT2D eigenvalue weighted by Crippen LogP contribution is 2.25. The van der Waals surface area contributed by atoms with Crippen LogP contribution in [-0.4, -0.2) is 20.6 Å². The lowest BCUT2D eigenvalue weighted by Crippen LogP contribution is -2.34. The first-order valence-corrected chi connectivity index (χ1v) is 9.19. The summed E-state index contributed by atoms with van der Waals surface area (Å²) < 4.78 is 1.39. The summed E-state index contributed by atoms with van der Waals surface area (Å²) in [6, 6.07) is 8.14. The molecule has 0 radical (unpaired) electrons. The molecule has 146 valence electrons. The molecule has 1 amide bonds. The van der Waals surface area contributed by atoms with Gasteiger partial charge >= 0.3 is 5.69 Å². The van der Waals surface area contributed by atoms with Crippen LogP contribution in [0.2, 0.25) is 0 Å². The zero-order valence-corrected chi connectivity index (χ0v) is 16.8. The molecule has 27 heavy (non-hydrogen) atoms. The number of carbonyl (C=O) groups is 1. The average molecular weight is 372 g/mol. The van der Waals surface area contributed by atoms with E-state index in [9.17, 15) is 14.9 Å². The molecule has 2 rings (SSSR count). The molecule has 7 nitrogen and oxygen atoms in total. The van der Waals surface area contributed by atoms with E-state index in [1.54, 1.807) is 13.8 Å². The van der Waals surface area contributed by atoms with E-state index < -0.39 is 4.92 Å². The zero-order chi connectivity index (χ0) is 20.3. The molecule has 1 aromatic carbocycles. The Morgan fingerprint density at radius 2 is 1.70 bits per heavy atom. The van der Waals surface area contributed by atoms with Gasteiger partial charge in [0.25, 0.3) is 0 Å². The van der Waals surface area contributed by atoms with Gasteiger partial charge in [-0.05, 0) is 36.8 Å². The molecular formula is C20H28N4O3. The lowest BCUT2D eigenvalue weighted by molar-refractivity contribution is -0.386. The summed E-state index contributed by atoms with van der Waals surface area (Å²) in [6.07, 6.45) is 0. The Morgan fingerprint density at radius 3 is 2.15 bits per heavy atom. The van der Waals surface area contributed by atoms with Crippen LogP contribution in [0.3, 0.4) is 0 Å². The molecule has 0 saturated heterocycles. The largest absolute Gasteiger partial charge is 0.347 e. The third-order valence-electron chi connectivity index (χ3n) is 4.76. The zero-order valence-electron chi connectivity index (χ0n) is 16.8. The summed E-state index contributed by atoms with van der Waals surface area (Å²) in [6.45, 7) is 11.5. The molecule has 0 saturated carbocycles. The van der Waals surface area contributed by atoms with Crippen LogP contribution >= 0.6 is 0 Å². The number of nitrogens with zero attached hydrogens (tertiary/aromatic N) is 3. The maximum Gasteiger partial charge on any atom is 0.312 e. The van der Waals surface area contributed by atoms with Crippen LogP contribution in [0.25, 0.3) is 0 Å². The monoisotopic (exact) mass is 372 g/mol. The summed E-state index contributed by atoms with van der Waals surface area (Å²) in [5, 5.41) is 18.3. The van der Waals surface area contributed by atoms with Crippen LogP contribution < -0.4 is 5.32 Å². The molecule has 1 atom stereocenters. The summed E-state index contributed by atoms with van der Waals surface area (Å²) in [5.74, 6) is 0.434. The van der Waals surface area contributed by atoms with E-state index in [2.05, 4.69) is 62.4 Å². The smallest absolute Gasteiger partial charge is 0.312 e. The van der Waals surface area contributed by atoms with Crippen molar-refractivity contribution in [2.75, 3.05) is 0 Å². The number of carbonyl (C=O) groups excluding carboxylic acids is 1. The lowest BCUT2D eigenvalue weighted by atomic mass is 9.93. The lowest BCUT2D eigenvalue weighted by Gasteiger charge is -2.23. The number of aromatic nitrogens is 2. The minimum absolute atomic E-state index is 0.0347. The Balaban J connectivity index is 2.16. The first-order valence-electron chi connectivity index (χ1n) is 9.19. The Hall–Kier alpha value is -2.70. The molecular weight excluding hydrogens is 344 g/mol. The van der Waals surface area contributed by atoms with E-state index in [0.29, 0.717) is 17.3 Å². The molecule has 0 aliphatic rings. The molecule has 1 unspecified atom stereocenters. The Kier molecular flexibility index (Phi) is 6.36. The molecule has 7 heteroatoms. The number of benzene rings is 1. The third kappa shape index (κ3) is 4.72. The highest BCUT2D eigenvalue weighted by Gasteiger charge is 2.24. The molecule has 0 spiro atoms. The Labute approximate surface area is 159 Å². The van der Waals surface area contributed by atoms with E-state index in [1.165, 1.54) is 10.2 Å². The highest BCUT2D eigenvalue weighted by molar-refractivity contribution is 5.76. The first kappa shape index (κ1) is 20.6. The fraction of sp³-hybridized carbons (Fsp3) is 0.500. The highest BCUT2D eigenvalue weighted by atomic mass is 16.6. The van der Waals surface area contributed by atoms with Crippen molar-refractivity contribution in [1.82, 2.24) is 15.1 Å². The van der Waals surface area contributed by atoms with Crippen LogP contribution in [0.15, 0.2) is 24.3 Å². The van der Waals surface area contributed by atoms with Crippen LogP contribution in [0, 0.1) is 29.9 Å². The van der Waals surface area contributed by atoms with Gasteiger partial charge in [0.05, 0.1) is 11.0 Å². The number of hydrogen-bond acceptors (Lipinski definition) is 4. The van der Waals surface area contributed by atoms with Crippen molar-refractivity contribution >= 4 is 11.6 Å². The number of rotatable bonds is 7. The van der Waals surface area contributed by atoms with Gasteiger partial charge in [-0.3, -0.25) is 19.6 Å². The molecule has 2 aromatic rings. The third-order valence-corrected chi connectivity index (χ3v) is 4.76. The summed E-state index contributed by atoms with van der Waals surface area (Å²) in [4.78, 5) is 23.2. The molecule has 1 aromatic heterocycles. The fourth-order valence-electron chi connectivity index (χ4n) is 3.18. The van der Waals surface area contributed by atoms with Crippen molar-refractivity contribution < 1.29 is 9.72 Å². The predicted octanol–water partition coefficient (Wildman–Crippen LogP) is 4.05. The van der Waals surface area contributed by atoms with Crippen molar-refractivity contribution in [2.45, 2.75) is 60.0 Å². The van der Waals surface area contributed by atoms with Gasteiger partial charge in [-0.2, -0.15) is 5.10 Å². The standard InChI is InChI=1S/C20H28N4O3/c1-12(2)16-7-9-17(10-8-16)19(13(3)4)21-18(25)11-23-15(6)20(24(26)27)14(5)22-23/h7-10,12-13,19H,11H2,1-6H3,(H,21,25). The quantitative estimate of drug-likeness (QED) is 0.586. The Morgan fingerprint density at radius 1 is 1.15 bits per heavy atom. The van der Waals surface area contributed by atoms with Crippen molar-refractivity contribution in [1.29, 1.82) is 0 Å². The SMILES string of the molecule is Cc1nn(CC(=O)NC(c2ccc(C(C)C)cc2)C(C)C)c(C)c1[N+](=O)[O-]. The molecule has 0 fully saturated rings. The van der Waals surface area contributed by atoms with Gasteiger partial charge in [0, 0.05) is 0 Å². The normalized spacial score (nSPS) is 12.4. The summed E-state index contributed by atoms with van der Waals surface area (Å²) in [7, 11) is 0. The predicted molar refractivity (Wildman–Crippen MR) is 105 cm³/mol. The second kappa shape index (κ2) is 8.33. The first-order chi connectivity index (χ1) is 12.6. The molecule has 1 heterocycles. The van der Waals surface area contributed by atoms with Crippen LogP contribution in [0.4, 0.5) is 5.69 Å². The summed E-state index contributed by atoms with van der Waals surface area (Å²) >= 11 is 0. The number of nitro groups is 1. The van der Waals surface area contributed by atoms with Gasteiger partial charge in [-0.1, -0.05) is 52.0 Å². The summed E-state index contributed by atoms with van der Waals surface area (Å²) in [5.41, 5.74) is 2.96. The van der Waals surface area contributed by atoms with Crippen molar-refractivity contribution in [2.24, 2.45) is 5.92 Å². The van der Waals surface area contributed by atoms with Crippen molar-refractivity contribution in [3.63, 3.8) is 0 Å². The number of nitrogens with one attached hydrogen (secondary N) is 1. The van der Waals surface area contributed by atoms with Gasteiger partial charge < -0.3 is 5.32 Å². The second-order valence-electron chi connectivity index (χ2n) is 7.54. The fourth-order valence-corrected chi connectivity index (χ4v) is 3.18. The van der Waals surface area contributed by atoms with E-state index >= 15 is 0 Å². The van der Waals surface area contributed by atoms with E-state index in [0.717, 1.165) is 5.56 Å². The van der Waals surface area contributed by atoms with Crippen molar-refractivity contribution in [3.8, 4) is 0 Å². The minimum Gasteiger partial charge on any atom is -0.347 e. The number of amides is 1. The molecule has 0 aliphatic carbocycles. The van der Waals surface area contributed by atoms with Crippen molar-refractivity contribution in [3.05, 3.63) is 56.9 Å². The maximum absolute atomic E-state index is 12.6. The van der Waals surface area contributed by atoms with Crippen LogP contribution in [0.1, 0.15) is 62.2 Å². The number of aryl methyl sites for hydroxylation is 1. The maximum atomic E-state index is 12.6. The second-order valence-corrected chi connectivity index (χ2v) is 7.54. The molecule has 1 N–H and O–H groups in total. The van der Waals surface area contributed by atoms with E-state index in [1.807, 2.05) is 0 Å². The Bertz CT molecular complexity index is 822. The van der Waals surface area contributed by atoms with Gasteiger partial charge in [0.15, 0.2) is 0 Å². The van der Waals surface area contributed by atoms with Gasteiger partial charge in [-0.25, -0.2) is 0 Å². The van der Waals surface area contributed by atoms with E-state index in [4.69, 9.17) is 0 Å². The molecule has 0 bridgehead atoms. The minimum atomic E-state index is -0.459. The number of hydrogen-bond donors (Lipinski definition) is 1.